The molecule has 1 aromatic heterocycles. The first-order chi connectivity index (χ1) is 8.30. The third-order valence-electron chi connectivity index (χ3n) is 2.63. The summed E-state index contributed by atoms with van der Waals surface area (Å²) in [5.41, 5.74) is 1.16. The lowest BCUT2D eigenvalue weighted by Crippen LogP contribution is -2.25. The fourth-order valence-corrected chi connectivity index (χ4v) is 1.98. The Morgan fingerprint density at radius 2 is 1.82 bits per heavy atom. The average molecular weight is 235 g/mol. The Bertz CT molecular complexity index is 306. The Balaban J connectivity index is 2.60. The standard InChI is InChI=1S/C14H25N3/c1-4-10-17(11-5-2)12-13-8-7-9-14(16-13)15-6-3/h7-9H,4-6,10-12H2,1-3H3,(H,15,16). The fraction of sp³-hybridized carbons (Fsp3) is 0.643. The van der Waals surface area contributed by atoms with E-state index in [9.17, 15) is 0 Å². The lowest BCUT2D eigenvalue weighted by molar-refractivity contribution is 0.263. The van der Waals surface area contributed by atoms with Gasteiger partial charge in [0, 0.05) is 13.1 Å². The third kappa shape index (κ3) is 5.18. The van der Waals surface area contributed by atoms with E-state index >= 15 is 0 Å². The Labute approximate surface area is 105 Å². The van der Waals surface area contributed by atoms with Gasteiger partial charge in [-0.05, 0) is 45.0 Å². The first-order valence-corrected chi connectivity index (χ1v) is 6.72. The number of hydrogen-bond acceptors (Lipinski definition) is 3. The second-order valence-corrected chi connectivity index (χ2v) is 4.32. The van der Waals surface area contributed by atoms with Crippen molar-refractivity contribution in [2.24, 2.45) is 0 Å². The van der Waals surface area contributed by atoms with Crippen molar-refractivity contribution in [3.05, 3.63) is 23.9 Å². The lowest BCUT2D eigenvalue weighted by atomic mass is 10.3. The molecule has 1 heterocycles. The molecule has 0 radical (unpaired) electrons. The molecule has 0 amide bonds. The number of aromatic nitrogens is 1. The quantitative estimate of drug-likeness (QED) is 0.750. The summed E-state index contributed by atoms with van der Waals surface area (Å²) in [6.07, 6.45) is 2.40. The van der Waals surface area contributed by atoms with Crippen LogP contribution in [0.2, 0.25) is 0 Å². The molecule has 3 heteroatoms. The second kappa shape index (κ2) is 8.07. The second-order valence-electron chi connectivity index (χ2n) is 4.32. The summed E-state index contributed by atoms with van der Waals surface area (Å²) in [6.45, 7) is 10.7. The molecule has 1 aromatic rings. The molecule has 3 nitrogen and oxygen atoms in total. The molecular formula is C14H25N3. The average Bonchev–Trinajstić information content (AvgIpc) is 2.30. The van der Waals surface area contributed by atoms with E-state index in [-0.39, 0.29) is 0 Å². The van der Waals surface area contributed by atoms with E-state index in [0.717, 1.165) is 37.7 Å². The topological polar surface area (TPSA) is 28.2 Å². The van der Waals surface area contributed by atoms with Crippen molar-refractivity contribution in [2.45, 2.75) is 40.2 Å². The molecule has 17 heavy (non-hydrogen) atoms. The molecule has 0 saturated carbocycles. The van der Waals surface area contributed by atoms with Gasteiger partial charge in [0.05, 0.1) is 5.69 Å². The summed E-state index contributed by atoms with van der Waals surface area (Å²) in [5, 5.41) is 3.26. The van der Waals surface area contributed by atoms with Gasteiger partial charge in [-0.25, -0.2) is 4.98 Å². The molecule has 0 spiro atoms. The van der Waals surface area contributed by atoms with Gasteiger partial charge in [-0.15, -0.1) is 0 Å². The molecule has 0 aliphatic heterocycles. The minimum Gasteiger partial charge on any atom is -0.370 e. The molecule has 0 aliphatic rings. The molecule has 0 aromatic carbocycles. The van der Waals surface area contributed by atoms with E-state index in [1.165, 1.54) is 12.8 Å². The first kappa shape index (κ1) is 14.0. The van der Waals surface area contributed by atoms with Crippen LogP contribution < -0.4 is 5.32 Å². The van der Waals surface area contributed by atoms with E-state index in [2.05, 4.69) is 48.1 Å². The van der Waals surface area contributed by atoms with Crippen LogP contribution in [0.3, 0.4) is 0 Å². The monoisotopic (exact) mass is 235 g/mol. The highest BCUT2D eigenvalue weighted by Gasteiger charge is 2.05. The van der Waals surface area contributed by atoms with Crippen LogP contribution >= 0.6 is 0 Å². The van der Waals surface area contributed by atoms with Crippen molar-refractivity contribution in [2.75, 3.05) is 25.0 Å². The Kier molecular flexibility index (Phi) is 6.63. The maximum Gasteiger partial charge on any atom is 0.126 e. The summed E-state index contributed by atoms with van der Waals surface area (Å²) in [6, 6.07) is 6.21. The van der Waals surface area contributed by atoms with Crippen LogP contribution in [-0.2, 0) is 6.54 Å². The third-order valence-corrected chi connectivity index (χ3v) is 2.63. The first-order valence-electron chi connectivity index (χ1n) is 6.72. The van der Waals surface area contributed by atoms with Gasteiger partial charge in [0.15, 0.2) is 0 Å². The predicted octanol–water partition coefficient (Wildman–Crippen LogP) is 3.14. The van der Waals surface area contributed by atoms with Crippen LogP contribution in [0.15, 0.2) is 18.2 Å². The van der Waals surface area contributed by atoms with Crippen molar-refractivity contribution < 1.29 is 0 Å². The molecule has 0 fully saturated rings. The number of hydrogen-bond donors (Lipinski definition) is 1. The number of pyridine rings is 1. The highest BCUT2D eigenvalue weighted by molar-refractivity contribution is 5.34. The summed E-state index contributed by atoms with van der Waals surface area (Å²) in [5.74, 6) is 0.984. The molecule has 0 saturated heterocycles. The summed E-state index contributed by atoms with van der Waals surface area (Å²) < 4.78 is 0. The van der Waals surface area contributed by atoms with E-state index in [1.54, 1.807) is 0 Å². The molecule has 0 aliphatic carbocycles. The Morgan fingerprint density at radius 1 is 1.12 bits per heavy atom. The van der Waals surface area contributed by atoms with Gasteiger partial charge < -0.3 is 5.32 Å². The minimum absolute atomic E-state index is 0.921. The fourth-order valence-electron chi connectivity index (χ4n) is 1.98. The zero-order chi connectivity index (χ0) is 12.5. The van der Waals surface area contributed by atoms with Gasteiger partial charge in [0.1, 0.15) is 5.82 Å². The summed E-state index contributed by atoms with van der Waals surface area (Å²) >= 11 is 0. The van der Waals surface area contributed by atoms with Crippen LogP contribution in [0.4, 0.5) is 5.82 Å². The van der Waals surface area contributed by atoms with Crippen molar-refractivity contribution in [3.8, 4) is 0 Å². The van der Waals surface area contributed by atoms with Crippen molar-refractivity contribution in [3.63, 3.8) is 0 Å². The van der Waals surface area contributed by atoms with Crippen LogP contribution in [-0.4, -0.2) is 29.5 Å². The van der Waals surface area contributed by atoms with Crippen molar-refractivity contribution in [1.82, 2.24) is 9.88 Å². The zero-order valence-electron chi connectivity index (χ0n) is 11.4. The smallest absolute Gasteiger partial charge is 0.126 e. The van der Waals surface area contributed by atoms with Gasteiger partial charge in [0.2, 0.25) is 0 Å². The normalized spacial score (nSPS) is 10.8. The highest BCUT2D eigenvalue weighted by Crippen LogP contribution is 2.08. The molecule has 1 rings (SSSR count). The van der Waals surface area contributed by atoms with Crippen LogP contribution in [0, 0.1) is 0 Å². The maximum atomic E-state index is 4.61. The molecule has 96 valence electrons. The molecule has 0 bridgehead atoms. The summed E-state index contributed by atoms with van der Waals surface area (Å²) in [7, 11) is 0. The predicted molar refractivity (Wildman–Crippen MR) is 74.3 cm³/mol. The van der Waals surface area contributed by atoms with Crippen LogP contribution in [0.5, 0.6) is 0 Å². The number of nitrogens with zero attached hydrogens (tertiary/aromatic N) is 2. The van der Waals surface area contributed by atoms with E-state index in [4.69, 9.17) is 0 Å². The lowest BCUT2D eigenvalue weighted by Gasteiger charge is -2.20. The van der Waals surface area contributed by atoms with Gasteiger partial charge >= 0.3 is 0 Å². The molecule has 1 N–H and O–H groups in total. The van der Waals surface area contributed by atoms with Gasteiger partial charge in [-0.3, -0.25) is 4.90 Å². The van der Waals surface area contributed by atoms with Gasteiger partial charge in [-0.1, -0.05) is 19.9 Å². The zero-order valence-corrected chi connectivity index (χ0v) is 11.4. The molecule has 0 unspecified atom stereocenters. The van der Waals surface area contributed by atoms with Crippen molar-refractivity contribution in [1.29, 1.82) is 0 Å². The highest BCUT2D eigenvalue weighted by atomic mass is 15.1. The van der Waals surface area contributed by atoms with Gasteiger partial charge in [0.25, 0.3) is 0 Å². The number of rotatable bonds is 8. The van der Waals surface area contributed by atoms with Gasteiger partial charge in [-0.2, -0.15) is 0 Å². The van der Waals surface area contributed by atoms with Crippen molar-refractivity contribution >= 4 is 5.82 Å². The number of nitrogens with one attached hydrogen (secondary N) is 1. The number of anilines is 1. The molecule has 0 atom stereocenters. The van der Waals surface area contributed by atoms with E-state index in [1.807, 2.05) is 6.07 Å². The maximum absolute atomic E-state index is 4.61. The summed E-state index contributed by atoms with van der Waals surface area (Å²) in [4.78, 5) is 7.08. The SMILES string of the molecule is CCCN(CCC)Cc1cccc(NCC)n1. The largest absolute Gasteiger partial charge is 0.370 e. The Hall–Kier alpha value is -1.09. The molecular weight excluding hydrogens is 210 g/mol. The van der Waals surface area contributed by atoms with Crippen LogP contribution in [0.25, 0.3) is 0 Å². The Morgan fingerprint density at radius 3 is 2.41 bits per heavy atom. The van der Waals surface area contributed by atoms with E-state index in [0.29, 0.717) is 0 Å². The minimum atomic E-state index is 0.921. The van der Waals surface area contributed by atoms with E-state index < -0.39 is 0 Å². The van der Waals surface area contributed by atoms with Crippen LogP contribution in [0.1, 0.15) is 39.3 Å².